The summed E-state index contributed by atoms with van der Waals surface area (Å²) in [5.41, 5.74) is 4.72. The maximum absolute atomic E-state index is 12.7. The molecule has 7 rings (SSSR count). The summed E-state index contributed by atoms with van der Waals surface area (Å²) in [6, 6.07) is 7.51. The Morgan fingerprint density at radius 1 is 1.14 bits per heavy atom. The van der Waals surface area contributed by atoms with Gasteiger partial charge in [-0.1, -0.05) is 12.5 Å². The Labute approximate surface area is 216 Å². The van der Waals surface area contributed by atoms with Gasteiger partial charge in [-0.2, -0.15) is 0 Å². The van der Waals surface area contributed by atoms with Crippen LogP contribution >= 0.6 is 11.3 Å². The second-order valence-electron chi connectivity index (χ2n) is 10.9. The standard InChI is InChI=1S/C28H34N6OS/c1-32-9-11-33(12-10-32)17-20-5-6-26(36-20)19-13-22-23(16-30-27(22)29-15-19)18-7-8-34-25(14-18)21-3-2-4-24(21)31-28(34)35/h5-6,13-16,21,24-25H,2-4,7-12,17H2,1H3,(H,29,30)(H,31,35). The molecule has 1 aliphatic carbocycles. The normalized spacial score (nSPS) is 27.1. The third kappa shape index (κ3) is 3.96. The first-order chi connectivity index (χ1) is 17.6. The van der Waals surface area contributed by atoms with E-state index in [0.29, 0.717) is 12.0 Å². The SMILES string of the molecule is CN1CCN(Cc2ccc(-c3cnc4[nH]cc(C5=CC6C7CCCC7NC(=O)N6CC5)c4c3)s2)CC1. The van der Waals surface area contributed by atoms with Crippen molar-refractivity contribution in [1.82, 2.24) is 30.0 Å². The number of carbonyl (C=O) groups excluding carboxylic acids is 1. The van der Waals surface area contributed by atoms with E-state index in [-0.39, 0.29) is 12.1 Å². The molecule has 0 aromatic carbocycles. The largest absolute Gasteiger partial charge is 0.346 e. The summed E-state index contributed by atoms with van der Waals surface area (Å²) in [6.45, 7) is 6.39. The van der Waals surface area contributed by atoms with Crippen LogP contribution in [0.4, 0.5) is 4.79 Å². The third-order valence-corrected chi connectivity index (χ3v) is 9.85. The number of nitrogens with zero attached hydrogens (tertiary/aromatic N) is 4. The molecule has 188 valence electrons. The van der Waals surface area contributed by atoms with Crippen molar-refractivity contribution < 1.29 is 4.79 Å². The molecule has 2 amide bonds. The number of likely N-dealkylation sites (N-methyl/N-ethyl adjacent to an activating group) is 1. The minimum Gasteiger partial charge on any atom is -0.346 e. The van der Waals surface area contributed by atoms with Gasteiger partial charge in [0.1, 0.15) is 5.65 Å². The fourth-order valence-corrected chi connectivity index (χ4v) is 7.68. The van der Waals surface area contributed by atoms with Gasteiger partial charge < -0.3 is 20.1 Å². The van der Waals surface area contributed by atoms with Gasteiger partial charge in [-0.25, -0.2) is 9.78 Å². The molecule has 2 N–H and O–H groups in total. The lowest BCUT2D eigenvalue weighted by atomic mass is 9.85. The van der Waals surface area contributed by atoms with Gasteiger partial charge in [0, 0.05) is 89.9 Å². The van der Waals surface area contributed by atoms with Crippen LogP contribution in [0.2, 0.25) is 0 Å². The number of rotatable bonds is 4. The lowest BCUT2D eigenvalue weighted by Crippen LogP contribution is -2.60. The summed E-state index contributed by atoms with van der Waals surface area (Å²) < 4.78 is 0. The molecule has 0 bridgehead atoms. The maximum atomic E-state index is 12.7. The van der Waals surface area contributed by atoms with E-state index in [1.807, 2.05) is 17.5 Å². The summed E-state index contributed by atoms with van der Waals surface area (Å²) in [6.07, 6.45) is 10.9. The van der Waals surface area contributed by atoms with Gasteiger partial charge in [-0.3, -0.25) is 4.90 Å². The molecule has 0 radical (unpaired) electrons. The van der Waals surface area contributed by atoms with Crippen molar-refractivity contribution in [2.24, 2.45) is 5.92 Å². The minimum atomic E-state index is 0.117. The molecular weight excluding hydrogens is 468 g/mol. The Balaban J connectivity index is 1.16. The van der Waals surface area contributed by atoms with Gasteiger partial charge in [0.15, 0.2) is 0 Å². The predicted octanol–water partition coefficient (Wildman–Crippen LogP) is 4.39. The van der Waals surface area contributed by atoms with Crippen molar-refractivity contribution in [2.75, 3.05) is 39.8 Å². The molecule has 2 saturated heterocycles. The number of aromatic amines is 1. The molecule has 3 aromatic rings. The number of piperazine rings is 1. The molecule has 36 heavy (non-hydrogen) atoms. The molecule has 1 saturated carbocycles. The number of fused-ring (bicyclic) bond motifs is 4. The Kier molecular flexibility index (Phi) is 5.63. The summed E-state index contributed by atoms with van der Waals surface area (Å²) in [5.74, 6) is 0.529. The number of pyridine rings is 1. The van der Waals surface area contributed by atoms with Gasteiger partial charge in [0.25, 0.3) is 0 Å². The molecule has 3 unspecified atom stereocenters. The molecular formula is C28H34N6OS. The zero-order valence-electron chi connectivity index (χ0n) is 20.9. The fraction of sp³-hybridized carbons (Fsp3) is 0.500. The second kappa shape index (κ2) is 9.01. The zero-order valence-corrected chi connectivity index (χ0v) is 21.7. The quantitative estimate of drug-likeness (QED) is 0.555. The highest BCUT2D eigenvalue weighted by Crippen LogP contribution is 2.40. The van der Waals surface area contributed by atoms with Crippen LogP contribution in [-0.4, -0.2) is 82.6 Å². The van der Waals surface area contributed by atoms with Crippen LogP contribution in [-0.2, 0) is 6.54 Å². The van der Waals surface area contributed by atoms with Crippen LogP contribution < -0.4 is 5.32 Å². The number of thiophene rings is 1. The summed E-state index contributed by atoms with van der Waals surface area (Å²) in [5, 5.41) is 4.43. The van der Waals surface area contributed by atoms with Gasteiger partial charge >= 0.3 is 6.03 Å². The van der Waals surface area contributed by atoms with Crippen LogP contribution in [0.25, 0.3) is 27.0 Å². The van der Waals surface area contributed by atoms with Crippen molar-refractivity contribution in [3.8, 4) is 10.4 Å². The highest BCUT2D eigenvalue weighted by atomic mass is 32.1. The molecule has 4 aliphatic rings. The van der Waals surface area contributed by atoms with Crippen molar-refractivity contribution in [3.05, 3.63) is 47.1 Å². The van der Waals surface area contributed by atoms with E-state index in [1.165, 1.54) is 44.7 Å². The predicted molar refractivity (Wildman–Crippen MR) is 145 cm³/mol. The smallest absolute Gasteiger partial charge is 0.318 e. The maximum Gasteiger partial charge on any atom is 0.318 e. The molecule has 0 spiro atoms. The Bertz CT molecular complexity index is 1320. The van der Waals surface area contributed by atoms with Gasteiger partial charge in [-0.15, -0.1) is 11.3 Å². The summed E-state index contributed by atoms with van der Waals surface area (Å²) in [4.78, 5) is 30.6. The third-order valence-electron chi connectivity index (χ3n) is 8.73. The summed E-state index contributed by atoms with van der Waals surface area (Å²) in [7, 11) is 2.20. The highest BCUT2D eigenvalue weighted by molar-refractivity contribution is 7.15. The van der Waals surface area contributed by atoms with Crippen molar-refractivity contribution in [1.29, 1.82) is 0 Å². The number of aromatic nitrogens is 2. The number of amides is 2. The average molecular weight is 503 g/mol. The molecule has 3 aliphatic heterocycles. The molecule has 3 aromatic heterocycles. The Hall–Kier alpha value is -2.68. The van der Waals surface area contributed by atoms with Crippen molar-refractivity contribution >= 4 is 34.0 Å². The first-order valence-corrected chi connectivity index (χ1v) is 14.2. The van der Waals surface area contributed by atoms with E-state index >= 15 is 0 Å². The number of H-pyrrole nitrogens is 1. The Morgan fingerprint density at radius 3 is 2.92 bits per heavy atom. The Morgan fingerprint density at radius 2 is 2.03 bits per heavy atom. The van der Waals surface area contributed by atoms with Crippen LogP contribution in [0.15, 0.2) is 36.7 Å². The average Bonchev–Trinajstić information content (AvgIpc) is 3.64. The molecule has 3 fully saturated rings. The number of hydrogen-bond donors (Lipinski definition) is 2. The molecule has 3 atom stereocenters. The van der Waals surface area contributed by atoms with Crippen molar-refractivity contribution in [3.63, 3.8) is 0 Å². The minimum absolute atomic E-state index is 0.117. The summed E-state index contributed by atoms with van der Waals surface area (Å²) >= 11 is 1.89. The van der Waals surface area contributed by atoms with Crippen LogP contribution in [0.3, 0.4) is 0 Å². The van der Waals surface area contributed by atoms with Crippen molar-refractivity contribution in [2.45, 2.75) is 44.3 Å². The van der Waals surface area contributed by atoms with E-state index in [9.17, 15) is 4.79 Å². The zero-order chi connectivity index (χ0) is 24.2. The van der Waals surface area contributed by atoms with Gasteiger partial charge in [0.2, 0.25) is 0 Å². The monoisotopic (exact) mass is 502 g/mol. The number of nitrogens with one attached hydrogen (secondary N) is 2. The molecule has 8 heteroatoms. The van der Waals surface area contributed by atoms with Crippen LogP contribution in [0, 0.1) is 5.92 Å². The highest BCUT2D eigenvalue weighted by Gasteiger charge is 2.44. The van der Waals surface area contributed by atoms with Gasteiger partial charge in [0.05, 0.1) is 6.04 Å². The fourth-order valence-electron chi connectivity index (χ4n) is 6.65. The number of urea groups is 1. The van der Waals surface area contributed by atoms with E-state index in [1.54, 1.807) is 0 Å². The molecule has 6 heterocycles. The van der Waals surface area contributed by atoms with E-state index in [2.05, 4.69) is 62.5 Å². The lowest BCUT2D eigenvalue weighted by molar-refractivity contribution is 0.125. The molecule has 7 nitrogen and oxygen atoms in total. The first-order valence-electron chi connectivity index (χ1n) is 13.4. The van der Waals surface area contributed by atoms with Crippen LogP contribution in [0.1, 0.15) is 36.1 Å². The van der Waals surface area contributed by atoms with E-state index in [0.717, 1.165) is 57.8 Å². The first kappa shape index (κ1) is 22.5. The topological polar surface area (TPSA) is 67.5 Å². The van der Waals surface area contributed by atoms with Crippen LogP contribution in [0.5, 0.6) is 0 Å². The van der Waals surface area contributed by atoms with E-state index in [4.69, 9.17) is 4.98 Å². The number of carbonyl (C=O) groups is 1. The number of hydrogen-bond acceptors (Lipinski definition) is 5. The second-order valence-corrected chi connectivity index (χ2v) is 12.1. The van der Waals surface area contributed by atoms with Gasteiger partial charge in [-0.05, 0) is 50.1 Å². The van der Waals surface area contributed by atoms with E-state index < -0.39 is 0 Å². The lowest BCUT2D eigenvalue weighted by Gasteiger charge is -2.44.